The normalized spacial score (nSPS) is 20.4. The van der Waals surface area contributed by atoms with Gasteiger partial charge in [-0.3, -0.25) is 4.79 Å². The highest BCUT2D eigenvalue weighted by Crippen LogP contribution is 2.36. The Kier molecular flexibility index (Phi) is 5.00. The molecule has 0 aromatic carbocycles. The summed E-state index contributed by atoms with van der Waals surface area (Å²) in [6.45, 7) is 9.28. The topological polar surface area (TPSA) is 41.1 Å². The maximum atomic E-state index is 11.6. The Labute approximate surface area is 98.7 Å². The first kappa shape index (κ1) is 13.2. The smallest absolute Gasteiger partial charge is 0.237 e. The summed E-state index contributed by atoms with van der Waals surface area (Å²) in [5.74, 6) is 0.0569. The van der Waals surface area contributed by atoms with Crippen LogP contribution in [0.25, 0.3) is 0 Å². The second-order valence-corrected chi connectivity index (χ2v) is 5.15. The molecule has 0 aromatic rings. The van der Waals surface area contributed by atoms with Crippen LogP contribution in [0.5, 0.6) is 0 Å². The van der Waals surface area contributed by atoms with E-state index in [4.69, 9.17) is 0 Å². The molecule has 1 aliphatic rings. The van der Waals surface area contributed by atoms with Gasteiger partial charge in [0, 0.05) is 13.1 Å². The molecule has 1 saturated carbocycles. The van der Waals surface area contributed by atoms with Crippen molar-refractivity contribution in [3.63, 3.8) is 0 Å². The molecule has 1 amide bonds. The molecule has 0 heterocycles. The fraction of sp³-hybridized carbons (Fsp3) is 0.769. The maximum absolute atomic E-state index is 11.6. The van der Waals surface area contributed by atoms with Gasteiger partial charge in [-0.25, -0.2) is 0 Å². The number of amides is 1. The summed E-state index contributed by atoms with van der Waals surface area (Å²) in [7, 11) is 0. The van der Waals surface area contributed by atoms with E-state index in [1.54, 1.807) is 6.08 Å². The maximum Gasteiger partial charge on any atom is 0.237 e. The number of hydrogen-bond acceptors (Lipinski definition) is 2. The summed E-state index contributed by atoms with van der Waals surface area (Å²) in [5.41, 5.74) is 0.396. The first-order chi connectivity index (χ1) is 7.57. The molecule has 3 heteroatoms. The molecule has 1 rings (SSSR count). The first-order valence-corrected chi connectivity index (χ1v) is 6.19. The van der Waals surface area contributed by atoms with Crippen molar-refractivity contribution in [2.75, 3.05) is 13.1 Å². The van der Waals surface area contributed by atoms with E-state index in [2.05, 4.69) is 24.1 Å². The summed E-state index contributed by atoms with van der Waals surface area (Å²) in [6.07, 6.45) is 6.91. The van der Waals surface area contributed by atoms with Gasteiger partial charge in [0.15, 0.2) is 0 Å². The SMILES string of the molecule is C=CCNC(=O)C(C)NCC1(C)CCCC1. The molecule has 3 nitrogen and oxygen atoms in total. The van der Waals surface area contributed by atoms with Crippen LogP contribution in [0.4, 0.5) is 0 Å². The van der Waals surface area contributed by atoms with Crippen LogP contribution in [-0.2, 0) is 4.79 Å². The van der Waals surface area contributed by atoms with Gasteiger partial charge in [0.05, 0.1) is 6.04 Å². The van der Waals surface area contributed by atoms with Gasteiger partial charge in [-0.05, 0) is 25.2 Å². The lowest BCUT2D eigenvalue weighted by Crippen LogP contribution is -2.45. The Morgan fingerprint density at radius 2 is 2.12 bits per heavy atom. The molecule has 1 fully saturated rings. The van der Waals surface area contributed by atoms with Crippen LogP contribution in [0, 0.1) is 5.41 Å². The second kappa shape index (κ2) is 6.04. The van der Waals surface area contributed by atoms with Gasteiger partial charge >= 0.3 is 0 Å². The third-order valence-corrected chi connectivity index (χ3v) is 3.46. The monoisotopic (exact) mass is 224 g/mol. The predicted octanol–water partition coefficient (Wildman–Crippen LogP) is 1.85. The molecule has 1 atom stereocenters. The van der Waals surface area contributed by atoms with Gasteiger partial charge in [0.25, 0.3) is 0 Å². The van der Waals surface area contributed by atoms with E-state index >= 15 is 0 Å². The highest BCUT2D eigenvalue weighted by atomic mass is 16.2. The fourth-order valence-electron chi connectivity index (χ4n) is 2.22. The minimum Gasteiger partial charge on any atom is -0.351 e. The molecule has 1 unspecified atom stereocenters. The highest BCUT2D eigenvalue weighted by Gasteiger charge is 2.29. The second-order valence-electron chi connectivity index (χ2n) is 5.15. The highest BCUT2D eigenvalue weighted by molar-refractivity contribution is 5.81. The molecule has 0 radical (unpaired) electrons. The zero-order valence-electron chi connectivity index (χ0n) is 10.5. The van der Waals surface area contributed by atoms with Crippen LogP contribution in [0.3, 0.4) is 0 Å². The quantitative estimate of drug-likeness (QED) is 0.676. The molecule has 16 heavy (non-hydrogen) atoms. The van der Waals surface area contributed by atoms with E-state index < -0.39 is 0 Å². The van der Waals surface area contributed by atoms with E-state index in [0.29, 0.717) is 12.0 Å². The summed E-state index contributed by atoms with van der Waals surface area (Å²) >= 11 is 0. The van der Waals surface area contributed by atoms with Crippen molar-refractivity contribution in [2.24, 2.45) is 5.41 Å². The van der Waals surface area contributed by atoms with Crippen molar-refractivity contribution >= 4 is 5.91 Å². The average Bonchev–Trinajstić information content (AvgIpc) is 2.70. The van der Waals surface area contributed by atoms with Gasteiger partial charge in [-0.2, -0.15) is 0 Å². The lowest BCUT2D eigenvalue weighted by atomic mass is 9.88. The summed E-state index contributed by atoms with van der Waals surface area (Å²) < 4.78 is 0. The van der Waals surface area contributed by atoms with Gasteiger partial charge in [0.1, 0.15) is 0 Å². The van der Waals surface area contributed by atoms with Crippen LogP contribution in [0.1, 0.15) is 39.5 Å². The molecule has 0 spiro atoms. The van der Waals surface area contributed by atoms with E-state index in [1.807, 2.05) is 6.92 Å². The molecule has 2 N–H and O–H groups in total. The molecular weight excluding hydrogens is 200 g/mol. The number of nitrogens with one attached hydrogen (secondary N) is 2. The Morgan fingerprint density at radius 1 is 1.50 bits per heavy atom. The average molecular weight is 224 g/mol. The summed E-state index contributed by atoms with van der Waals surface area (Å²) in [6, 6.07) is -0.114. The van der Waals surface area contributed by atoms with E-state index in [9.17, 15) is 4.79 Å². The van der Waals surface area contributed by atoms with Crippen LogP contribution in [0.15, 0.2) is 12.7 Å². The van der Waals surface area contributed by atoms with E-state index in [1.165, 1.54) is 25.7 Å². The van der Waals surface area contributed by atoms with Gasteiger partial charge in [0.2, 0.25) is 5.91 Å². The van der Waals surface area contributed by atoms with Crippen molar-refractivity contribution in [2.45, 2.75) is 45.6 Å². The summed E-state index contributed by atoms with van der Waals surface area (Å²) in [5, 5.41) is 6.13. The Balaban J connectivity index is 2.25. The van der Waals surface area contributed by atoms with Crippen LogP contribution >= 0.6 is 0 Å². The van der Waals surface area contributed by atoms with Crippen molar-refractivity contribution in [3.05, 3.63) is 12.7 Å². The minimum absolute atomic E-state index is 0.0569. The van der Waals surface area contributed by atoms with Crippen molar-refractivity contribution in [1.29, 1.82) is 0 Å². The zero-order chi connectivity index (χ0) is 12.0. The molecule has 0 saturated heterocycles. The molecule has 1 aliphatic carbocycles. The van der Waals surface area contributed by atoms with Crippen molar-refractivity contribution in [3.8, 4) is 0 Å². The van der Waals surface area contributed by atoms with Crippen molar-refractivity contribution < 1.29 is 4.79 Å². The molecule has 0 aliphatic heterocycles. The van der Waals surface area contributed by atoms with Crippen LogP contribution in [-0.4, -0.2) is 25.0 Å². The molecule has 92 valence electrons. The molecule has 0 bridgehead atoms. The number of rotatable bonds is 6. The number of hydrogen-bond donors (Lipinski definition) is 2. The molecular formula is C13H24N2O. The Hall–Kier alpha value is -0.830. The fourth-order valence-corrected chi connectivity index (χ4v) is 2.22. The van der Waals surface area contributed by atoms with Gasteiger partial charge in [-0.15, -0.1) is 6.58 Å². The van der Waals surface area contributed by atoms with Gasteiger partial charge < -0.3 is 10.6 Å². The van der Waals surface area contributed by atoms with E-state index in [-0.39, 0.29) is 11.9 Å². The molecule has 0 aromatic heterocycles. The standard InChI is InChI=1S/C13H24N2O/c1-4-9-14-12(16)11(2)15-10-13(3)7-5-6-8-13/h4,11,15H,1,5-10H2,2-3H3,(H,14,16). The zero-order valence-corrected chi connectivity index (χ0v) is 10.5. The lowest BCUT2D eigenvalue weighted by molar-refractivity contribution is -0.122. The number of carbonyl (C=O) groups is 1. The Morgan fingerprint density at radius 3 is 2.69 bits per heavy atom. The van der Waals surface area contributed by atoms with E-state index in [0.717, 1.165) is 6.54 Å². The summed E-state index contributed by atoms with van der Waals surface area (Å²) in [4.78, 5) is 11.6. The third kappa shape index (κ3) is 3.97. The van der Waals surface area contributed by atoms with Crippen LogP contribution in [0.2, 0.25) is 0 Å². The van der Waals surface area contributed by atoms with Gasteiger partial charge in [-0.1, -0.05) is 25.8 Å². The largest absolute Gasteiger partial charge is 0.351 e. The van der Waals surface area contributed by atoms with Crippen LogP contribution < -0.4 is 10.6 Å². The Bertz CT molecular complexity index is 244. The van der Waals surface area contributed by atoms with Crippen molar-refractivity contribution in [1.82, 2.24) is 10.6 Å². The first-order valence-electron chi connectivity index (χ1n) is 6.19. The predicted molar refractivity (Wildman–Crippen MR) is 67.2 cm³/mol. The third-order valence-electron chi connectivity index (χ3n) is 3.46. The minimum atomic E-state index is -0.114. The lowest BCUT2D eigenvalue weighted by Gasteiger charge is -2.26. The number of carbonyl (C=O) groups excluding carboxylic acids is 1.